The van der Waals surface area contributed by atoms with Crippen molar-refractivity contribution in [3.05, 3.63) is 35.1 Å². The molecule has 2 aliphatic rings. The maximum absolute atomic E-state index is 13.3. The highest BCUT2D eigenvalue weighted by molar-refractivity contribution is 7.91. The first-order chi connectivity index (χ1) is 10.9. The minimum Gasteiger partial charge on any atom is -0.334 e. The van der Waals surface area contributed by atoms with Crippen LogP contribution in [0.4, 0.5) is 9.18 Å². The third kappa shape index (κ3) is 3.49. The Labute approximate surface area is 135 Å². The van der Waals surface area contributed by atoms with Crippen LogP contribution in [0.2, 0.25) is 0 Å². The van der Waals surface area contributed by atoms with Gasteiger partial charge in [-0.25, -0.2) is 17.6 Å². The van der Waals surface area contributed by atoms with E-state index in [1.54, 1.807) is 11.0 Å². The molecule has 2 amide bonds. The van der Waals surface area contributed by atoms with Gasteiger partial charge in [-0.1, -0.05) is 6.07 Å². The highest BCUT2D eigenvalue weighted by Crippen LogP contribution is 2.34. The van der Waals surface area contributed by atoms with Crippen molar-refractivity contribution in [1.82, 2.24) is 10.2 Å². The summed E-state index contributed by atoms with van der Waals surface area (Å²) in [6, 6.07) is 4.03. The topological polar surface area (TPSA) is 66.5 Å². The van der Waals surface area contributed by atoms with Gasteiger partial charge in [0.2, 0.25) is 0 Å². The van der Waals surface area contributed by atoms with Crippen molar-refractivity contribution < 1.29 is 17.6 Å². The largest absolute Gasteiger partial charge is 0.334 e. The third-order valence-corrected chi connectivity index (χ3v) is 6.43. The monoisotopic (exact) mass is 340 g/mol. The highest BCUT2D eigenvalue weighted by Gasteiger charge is 2.34. The molecule has 2 unspecified atom stereocenters. The lowest BCUT2D eigenvalue weighted by Gasteiger charge is -2.27. The maximum atomic E-state index is 13.3. The summed E-state index contributed by atoms with van der Waals surface area (Å²) >= 11 is 0. The Kier molecular flexibility index (Phi) is 4.31. The van der Waals surface area contributed by atoms with E-state index in [2.05, 4.69) is 5.32 Å². The zero-order valence-electron chi connectivity index (χ0n) is 13.1. The SMILES string of the molecule is Cc1cc(F)ccc1C1CCCN1C(=O)NC1CCS(=O)(=O)C1. The van der Waals surface area contributed by atoms with Gasteiger partial charge in [0.05, 0.1) is 17.5 Å². The first-order valence-electron chi connectivity index (χ1n) is 7.89. The molecular weight excluding hydrogens is 319 g/mol. The molecule has 1 aromatic carbocycles. The number of likely N-dealkylation sites (tertiary alicyclic amines) is 1. The molecule has 5 nitrogen and oxygen atoms in total. The lowest BCUT2D eigenvalue weighted by molar-refractivity contribution is 0.190. The Morgan fingerprint density at radius 2 is 2.13 bits per heavy atom. The van der Waals surface area contributed by atoms with Gasteiger partial charge in [0, 0.05) is 12.6 Å². The number of carbonyl (C=O) groups is 1. The number of hydrogen-bond acceptors (Lipinski definition) is 3. The molecule has 2 heterocycles. The first-order valence-corrected chi connectivity index (χ1v) is 9.71. The smallest absolute Gasteiger partial charge is 0.318 e. The summed E-state index contributed by atoms with van der Waals surface area (Å²) in [5.41, 5.74) is 1.79. The number of hydrogen-bond donors (Lipinski definition) is 1. The third-order valence-electron chi connectivity index (χ3n) is 4.66. The fraction of sp³-hybridized carbons (Fsp3) is 0.562. The predicted octanol–water partition coefficient (Wildman–Crippen LogP) is 2.17. The van der Waals surface area contributed by atoms with Gasteiger partial charge < -0.3 is 10.2 Å². The summed E-state index contributed by atoms with van der Waals surface area (Å²) in [4.78, 5) is 14.3. The van der Waals surface area contributed by atoms with Crippen LogP contribution in [0, 0.1) is 12.7 Å². The summed E-state index contributed by atoms with van der Waals surface area (Å²) in [6.07, 6.45) is 2.20. The Hall–Kier alpha value is -1.63. The molecule has 0 aliphatic carbocycles. The van der Waals surface area contributed by atoms with Gasteiger partial charge in [0.1, 0.15) is 5.82 Å². The lowest BCUT2D eigenvalue weighted by Crippen LogP contribution is -2.45. The molecule has 1 aromatic rings. The van der Waals surface area contributed by atoms with Crippen molar-refractivity contribution in [2.24, 2.45) is 0 Å². The highest BCUT2D eigenvalue weighted by atomic mass is 32.2. The van der Waals surface area contributed by atoms with Crippen LogP contribution in [-0.4, -0.2) is 43.4 Å². The van der Waals surface area contributed by atoms with Crippen LogP contribution >= 0.6 is 0 Å². The molecule has 126 valence electrons. The number of urea groups is 1. The second-order valence-corrected chi connectivity index (χ2v) is 8.63. The molecule has 2 atom stereocenters. The minimum atomic E-state index is -3.02. The number of nitrogens with zero attached hydrogens (tertiary/aromatic N) is 1. The fourth-order valence-electron chi connectivity index (χ4n) is 3.51. The van der Waals surface area contributed by atoms with Gasteiger partial charge >= 0.3 is 6.03 Å². The number of halogens is 1. The summed E-state index contributed by atoms with van der Waals surface area (Å²) in [7, 11) is -3.02. The molecule has 2 fully saturated rings. The summed E-state index contributed by atoms with van der Waals surface area (Å²) in [5, 5.41) is 2.84. The summed E-state index contributed by atoms with van der Waals surface area (Å²) < 4.78 is 36.3. The van der Waals surface area contributed by atoms with Gasteiger partial charge in [-0.3, -0.25) is 0 Å². The van der Waals surface area contributed by atoms with E-state index in [1.807, 2.05) is 6.92 Å². The fourth-order valence-corrected chi connectivity index (χ4v) is 5.19. The quantitative estimate of drug-likeness (QED) is 0.897. The predicted molar refractivity (Wildman–Crippen MR) is 85.4 cm³/mol. The van der Waals surface area contributed by atoms with Crippen molar-refractivity contribution in [2.45, 2.75) is 38.3 Å². The van der Waals surface area contributed by atoms with Crippen molar-refractivity contribution in [3.63, 3.8) is 0 Å². The summed E-state index contributed by atoms with van der Waals surface area (Å²) in [5.74, 6) is -0.123. The molecule has 0 radical (unpaired) electrons. The van der Waals surface area contributed by atoms with E-state index >= 15 is 0 Å². The van der Waals surface area contributed by atoms with Crippen LogP contribution in [0.1, 0.15) is 36.4 Å². The van der Waals surface area contributed by atoms with Gasteiger partial charge in [-0.15, -0.1) is 0 Å². The molecule has 7 heteroatoms. The number of rotatable bonds is 2. The van der Waals surface area contributed by atoms with E-state index < -0.39 is 9.84 Å². The minimum absolute atomic E-state index is 0.0207. The Morgan fingerprint density at radius 1 is 1.35 bits per heavy atom. The van der Waals surface area contributed by atoms with Crippen LogP contribution in [-0.2, 0) is 9.84 Å². The standard InChI is InChI=1S/C16H21FN2O3S/c1-11-9-12(17)4-5-14(11)15-3-2-7-19(15)16(20)18-13-6-8-23(21,22)10-13/h4-5,9,13,15H,2-3,6-8,10H2,1H3,(H,18,20). The maximum Gasteiger partial charge on any atom is 0.318 e. The second-order valence-electron chi connectivity index (χ2n) is 6.40. The Morgan fingerprint density at radius 3 is 2.78 bits per heavy atom. The van der Waals surface area contributed by atoms with Crippen molar-refractivity contribution in [1.29, 1.82) is 0 Å². The zero-order valence-corrected chi connectivity index (χ0v) is 13.9. The molecule has 0 spiro atoms. The van der Waals surface area contributed by atoms with Gasteiger partial charge in [-0.2, -0.15) is 0 Å². The summed E-state index contributed by atoms with van der Waals surface area (Å²) in [6.45, 7) is 2.48. The number of carbonyl (C=O) groups excluding carboxylic acids is 1. The van der Waals surface area contributed by atoms with E-state index in [0.717, 1.165) is 24.0 Å². The average Bonchev–Trinajstić information content (AvgIpc) is 3.05. The van der Waals surface area contributed by atoms with Crippen LogP contribution in [0.15, 0.2) is 18.2 Å². The van der Waals surface area contributed by atoms with Gasteiger partial charge in [0.15, 0.2) is 9.84 Å². The number of aryl methyl sites for hydroxylation is 1. The molecule has 0 bridgehead atoms. The number of benzene rings is 1. The van der Waals surface area contributed by atoms with Crippen molar-refractivity contribution >= 4 is 15.9 Å². The zero-order chi connectivity index (χ0) is 16.6. The molecule has 0 aromatic heterocycles. The van der Waals surface area contributed by atoms with E-state index in [1.165, 1.54) is 12.1 Å². The number of amides is 2. The van der Waals surface area contributed by atoms with Crippen molar-refractivity contribution in [3.8, 4) is 0 Å². The molecule has 23 heavy (non-hydrogen) atoms. The van der Waals surface area contributed by atoms with E-state index in [-0.39, 0.29) is 35.4 Å². The van der Waals surface area contributed by atoms with Crippen LogP contribution in [0.25, 0.3) is 0 Å². The number of sulfone groups is 1. The van der Waals surface area contributed by atoms with E-state index in [4.69, 9.17) is 0 Å². The molecule has 2 aliphatic heterocycles. The molecule has 2 saturated heterocycles. The molecular formula is C16H21FN2O3S. The van der Waals surface area contributed by atoms with Crippen LogP contribution < -0.4 is 5.32 Å². The molecule has 1 N–H and O–H groups in total. The van der Waals surface area contributed by atoms with Gasteiger partial charge in [-0.05, 0) is 49.4 Å². The lowest BCUT2D eigenvalue weighted by atomic mass is 9.99. The first kappa shape index (κ1) is 16.2. The van der Waals surface area contributed by atoms with E-state index in [0.29, 0.717) is 13.0 Å². The van der Waals surface area contributed by atoms with Crippen LogP contribution in [0.5, 0.6) is 0 Å². The normalized spacial score (nSPS) is 26.4. The average molecular weight is 340 g/mol. The van der Waals surface area contributed by atoms with Gasteiger partial charge in [0.25, 0.3) is 0 Å². The molecule has 0 saturated carbocycles. The Bertz CT molecular complexity index is 720. The molecule has 3 rings (SSSR count). The Balaban J connectivity index is 1.72. The van der Waals surface area contributed by atoms with E-state index in [9.17, 15) is 17.6 Å². The van der Waals surface area contributed by atoms with Crippen molar-refractivity contribution in [2.75, 3.05) is 18.1 Å². The van der Waals surface area contributed by atoms with Crippen LogP contribution in [0.3, 0.4) is 0 Å². The second kappa shape index (κ2) is 6.11. The number of nitrogens with one attached hydrogen (secondary N) is 1.